The third-order valence-corrected chi connectivity index (χ3v) is 3.87. The lowest BCUT2D eigenvalue weighted by Gasteiger charge is -2.14. The van der Waals surface area contributed by atoms with E-state index in [1.807, 2.05) is 0 Å². The standard InChI is InChI=1S/C16H15F2N3O2/c1-9-5-3-4-6-10(9)13-15(22)14-11(7-19-20(14)2)21(16(13)23)8-12(17)18/h3-7,12,22H,8H2,1-2H3. The van der Waals surface area contributed by atoms with Crippen molar-refractivity contribution in [1.29, 1.82) is 0 Å². The SMILES string of the molecule is Cc1ccccc1-c1c(O)c2c(cnn2C)n(CC(F)F)c1=O. The van der Waals surface area contributed by atoms with Crippen LogP contribution >= 0.6 is 0 Å². The summed E-state index contributed by atoms with van der Waals surface area (Å²) in [5.74, 6) is -0.246. The maximum atomic E-state index is 12.9. The van der Waals surface area contributed by atoms with Gasteiger partial charge in [0.1, 0.15) is 5.52 Å². The van der Waals surface area contributed by atoms with Crippen molar-refractivity contribution in [2.24, 2.45) is 7.05 Å². The molecule has 0 unspecified atom stereocenters. The highest BCUT2D eigenvalue weighted by Crippen LogP contribution is 2.34. The minimum Gasteiger partial charge on any atom is -0.505 e. The summed E-state index contributed by atoms with van der Waals surface area (Å²) < 4.78 is 28.1. The van der Waals surface area contributed by atoms with E-state index in [4.69, 9.17) is 0 Å². The van der Waals surface area contributed by atoms with Crippen molar-refractivity contribution >= 4 is 11.0 Å². The normalized spacial score (nSPS) is 11.5. The Kier molecular flexibility index (Phi) is 3.63. The average Bonchev–Trinajstić information content (AvgIpc) is 2.87. The lowest BCUT2D eigenvalue weighted by Crippen LogP contribution is -2.25. The monoisotopic (exact) mass is 319 g/mol. The van der Waals surface area contributed by atoms with Crippen LogP contribution in [0.3, 0.4) is 0 Å². The Morgan fingerprint density at radius 2 is 2.00 bits per heavy atom. The van der Waals surface area contributed by atoms with Crippen LogP contribution < -0.4 is 5.56 Å². The van der Waals surface area contributed by atoms with Gasteiger partial charge in [0.25, 0.3) is 12.0 Å². The van der Waals surface area contributed by atoms with Crippen molar-refractivity contribution < 1.29 is 13.9 Å². The summed E-state index contributed by atoms with van der Waals surface area (Å²) >= 11 is 0. The molecule has 2 aromatic heterocycles. The molecule has 3 rings (SSSR count). The largest absolute Gasteiger partial charge is 0.505 e. The summed E-state index contributed by atoms with van der Waals surface area (Å²) in [6.07, 6.45) is -1.38. The van der Waals surface area contributed by atoms with Crippen molar-refractivity contribution in [3.63, 3.8) is 0 Å². The van der Waals surface area contributed by atoms with E-state index in [-0.39, 0.29) is 22.3 Å². The minimum atomic E-state index is -2.69. The van der Waals surface area contributed by atoms with Crippen LogP contribution in [0.1, 0.15) is 5.56 Å². The fraction of sp³-hybridized carbons (Fsp3) is 0.250. The van der Waals surface area contributed by atoms with Crippen molar-refractivity contribution in [3.8, 4) is 16.9 Å². The van der Waals surface area contributed by atoms with Crippen LogP contribution in [-0.4, -0.2) is 25.9 Å². The van der Waals surface area contributed by atoms with Crippen LogP contribution in [0, 0.1) is 6.92 Å². The molecule has 5 nitrogen and oxygen atoms in total. The van der Waals surface area contributed by atoms with Gasteiger partial charge >= 0.3 is 0 Å². The molecule has 7 heteroatoms. The van der Waals surface area contributed by atoms with Gasteiger partial charge in [-0.25, -0.2) is 8.78 Å². The summed E-state index contributed by atoms with van der Waals surface area (Å²) in [6.45, 7) is 1.04. The van der Waals surface area contributed by atoms with Crippen molar-refractivity contribution in [2.75, 3.05) is 0 Å². The van der Waals surface area contributed by atoms with E-state index in [1.54, 1.807) is 38.2 Å². The maximum absolute atomic E-state index is 12.9. The number of alkyl halides is 2. The van der Waals surface area contributed by atoms with E-state index in [0.717, 1.165) is 10.1 Å². The van der Waals surface area contributed by atoms with E-state index in [2.05, 4.69) is 5.10 Å². The van der Waals surface area contributed by atoms with Gasteiger partial charge in [-0.05, 0) is 18.1 Å². The van der Waals surface area contributed by atoms with Crippen LogP contribution in [0.15, 0.2) is 35.3 Å². The van der Waals surface area contributed by atoms with E-state index in [9.17, 15) is 18.7 Å². The summed E-state index contributed by atoms with van der Waals surface area (Å²) in [5, 5.41) is 14.5. The Morgan fingerprint density at radius 1 is 1.30 bits per heavy atom. The van der Waals surface area contributed by atoms with Gasteiger partial charge in [-0.3, -0.25) is 14.0 Å². The van der Waals surface area contributed by atoms with E-state index >= 15 is 0 Å². The lowest BCUT2D eigenvalue weighted by atomic mass is 10.0. The van der Waals surface area contributed by atoms with E-state index < -0.39 is 18.5 Å². The molecular formula is C16H15F2N3O2. The molecule has 23 heavy (non-hydrogen) atoms. The van der Waals surface area contributed by atoms with Crippen molar-refractivity contribution in [1.82, 2.24) is 14.3 Å². The molecule has 1 aromatic carbocycles. The number of hydrogen-bond donors (Lipinski definition) is 1. The zero-order valence-electron chi connectivity index (χ0n) is 12.6. The molecule has 120 valence electrons. The van der Waals surface area contributed by atoms with Gasteiger partial charge in [-0.15, -0.1) is 0 Å². The fourth-order valence-electron chi connectivity index (χ4n) is 2.78. The van der Waals surface area contributed by atoms with Crippen LogP contribution in [0.2, 0.25) is 0 Å². The molecule has 0 spiro atoms. The molecule has 0 amide bonds. The average molecular weight is 319 g/mol. The zero-order valence-corrected chi connectivity index (χ0v) is 12.6. The lowest BCUT2D eigenvalue weighted by molar-refractivity contribution is 0.127. The molecule has 0 fully saturated rings. The zero-order chi connectivity index (χ0) is 16.7. The number of nitrogens with zero attached hydrogens (tertiary/aromatic N) is 3. The highest BCUT2D eigenvalue weighted by atomic mass is 19.3. The molecule has 0 aliphatic heterocycles. The molecule has 1 N–H and O–H groups in total. The van der Waals surface area contributed by atoms with Gasteiger partial charge in [0.2, 0.25) is 0 Å². The minimum absolute atomic E-state index is 0.0138. The summed E-state index contributed by atoms with van der Waals surface area (Å²) in [7, 11) is 1.58. The molecule has 0 aliphatic carbocycles. The fourth-order valence-corrected chi connectivity index (χ4v) is 2.78. The second-order valence-corrected chi connectivity index (χ2v) is 5.35. The molecule has 3 aromatic rings. The smallest absolute Gasteiger partial charge is 0.263 e. The van der Waals surface area contributed by atoms with Crippen molar-refractivity contribution in [3.05, 3.63) is 46.4 Å². The molecule has 0 saturated carbocycles. The predicted octanol–water partition coefficient (Wildman–Crippen LogP) is 2.68. The highest BCUT2D eigenvalue weighted by molar-refractivity contribution is 5.90. The topological polar surface area (TPSA) is 60.1 Å². The number of pyridine rings is 1. The molecule has 0 atom stereocenters. The molecule has 0 aliphatic rings. The van der Waals surface area contributed by atoms with Gasteiger partial charge in [0.15, 0.2) is 5.75 Å². The number of halogens is 2. The van der Waals surface area contributed by atoms with Crippen LogP contribution in [0.4, 0.5) is 8.78 Å². The summed E-state index contributed by atoms with van der Waals surface area (Å²) in [5.41, 5.74) is 1.08. The first-order chi connectivity index (χ1) is 10.9. The van der Waals surface area contributed by atoms with Gasteiger partial charge in [0.05, 0.1) is 23.8 Å². The Bertz CT molecular complexity index is 944. The molecular weight excluding hydrogens is 304 g/mol. The number of aryl methyl sites for hydroxylation is 2. The quantitative estimate of drug-likeness (QED) is 0.807. The Hall–Kier alpha value is -2.70. The first-order valence-corrected chi connectivity index (χ1v) is 7.03. The number of rotatable bonds is 3. The first-order valence-electron chi connectivity index (χ1n) is 7.03. The summed E-state index contributed by atoms with van der Waals surface area (Å²) in [6, 6.07) is 7.00. The second-order valence-electron chi connectivity index (χ2n) is 5.35. The molecule has 0 radical (unpaired) electrons. The van der Waals surface area contributed by atoms with Gasteiger partial charge in [0, 0.05) is 7.05 Å². The Morgan fingerprint density at radius 3 is 2.65 bits per heavy atom. The number of hydrogen-bond acceptors (Lipinski definition) is 3. The van der Waals surface area contributed by atoms with Gasteiger partial charge in [-0.2, -0.15) is 5.10 Å². The van der Waals surface area contributed by atoms with Crippen LogP contribution in [-0.2, 0) is 13.6 Å². The van der Waals surface area contributed by atoms with Gasteiger partial charge in [-0.1, -0.05) is 24.3 Å². The van der Waals surface area contributed by atoms with Crippen LogP contribution in [0.25, 0.3) is 22.2 Å². The Balaban J connectivity index is 2.45. The highest BCUT2D eigenvalue weighted by Gasteiger charge is 2.22. The summed E-state index contributed by atoms with van der Waals surface area (Å²) in [4.78, 5) is 12.7. The van der Waals surface area contributed by atoms with E-state index in [1.165, 1.54) is 10.9 Å². The third kappa shape index (κ3) is 2.38. The number of benzene rings is 1. The molecule has 0 saturated heterocycles. The third-order valence-electron chi connectivity index (χ3n) is 3.87. The predicted molar refractivity (Wildman–Crippen MR) is 82.8 cm³/mol. The number of aromatic hydroxyl groups is 1. The Labute approximate surface area is 130 Å². The molecule has 2 heterocycles. The molecule has 0 bridgehead atoms. The van der Waals surface area contributed by atoms with Crippen LogP contribution in [0.5, 0.6) is 5.75 Å². The number of aromatic nitrogens is 3. The number of fused-ring (bicyclic) bond motifs is 1. The van der Waals surface area contributed by atoms with Crippen molar-refractivity contribution in [2.45, 2.75) is 19.9 Å². The van der Waals surface area contributed by atoms with Gasteiger partial charge < -0.3 is 5.11 Å². The first kappa shape index (κ1) is 15.2. The second kappa shape index (κ2) is 5.49. The van der Waals surface area contributed by atoms with E-state index in [0.29, 0.717) is 5.56 Å². The maximum Gasteiger partial charge on any atom is 0.263 e.